The Hall–Kier alpha value is -2.15. The molecule has 0 aromatic heterocycles. The molecule has 1 saturated heterocycles. The first kappa shape index (κ1) is 16.2. The third kappa shape index (κ3) is 3.36. The van der Waals surface area contributed by atoms with Crippen molar-refractivity contribution >= 4 is 17.3 Å². The molecule has 0 saturated carbocycles. The molecule has 22 heavy (non-hydrogen) atoms. The van der Waals surface area contributed by atoms with Crippen LogP contribution in [0.25, 0.3) is 0 Å². The number of anilines is 1. The van der Waals surface area contributed by atoms with Gasteiger partial charge in [0.15, 0.2) is 0 Å². The van der Waals surface area contributed by atoms with Crippen molar-refractivity contribution in [2.24, 2.45) is 0 Å². The third-order valence-corrected chi connectivity index (χ3v) is 3.78. The molecule has 1 atom stereocenters. The van der Waals surface area contributed by atoms with Crippen LogP contribution in [0, 0.1) is 10.1 Å². The van der Waals surface area contributed by atoms with Gasteiger partial charge >= 0.3 is 0 Å². The lowest BCUT2D eigenvalue weighted by Gasteiger charge is -2.33. The highest BCUT2D eigenvalue weighted by atomic mass is 16.6. The first-order chi connectivity index (χ1) is 10.4. The van der Waals surface area contributed by atoms with E-state index in [-0.39, 0.29) is 17.7 Å². The summed E-state index contributed by atoms with van der Waals surface area (Å²) < 4.78 is 5.57. The van der Waals surface area contributed by atoms with Crippen molar-refractivity contribution in [3.05, 3.63) is 33.9 Å². The van der Waals surface area contributed by atoms with Crippen LogP contribution >= 0.6 is 0 Å². The summed E-state index contributed by atoms with van der Waals surface area (Å²) in [5.41, 5.74) is 0.959. The summed E-state index contributed by atoms with van der Waals surface area (Å²) in [6, 6.07) is 4.39. The van der Waals surface area contributed by atoms with Crippen LogP contribution in [0.15, 0.2) is 18.2 Å². The maximum Gasteiger partial charge on any atom is 0.270 e. The van der Waals surface area contributed by atoms with Gasteiger partial charge in [-0.1, -0.05) is 6.92 Å². The summed E-state index contributed by atoms with van der Waals surface area (Å²) in [6.07, 6.45) is 0.860. The molecule has 1 aliphatic heterocycles. The summed E-state index contributed by atoms with van der Waals surface area (Å²) >= 11 is 0. The fourth-order valence-corrected chi connectivity index (χ4v) is 2.52. The van der Waals surface area contributed by atoms with Crippen LogP contribution in [-0.4, -0.2) is 55.6 Å². The average molecular weight is 307 g/mol. The van der Waals surface area contributed by atoms with E-state index < -0.39 is 4.92 Å². The van der Waals surface area contributed by atoms with Gasteiger partial charge in [0.25, 0.3) is 11.6 Å². The van der Waals surface area contributed by atoms with E-state index in [9.17, 15) is 14.9 Å². The highest BCUT2D eigenvalue weighted by Gasteiger charge is 2.27. The minimum absolute atomic E-state index is 0.0270. The Labute approximate surface area is 129 Å². The predicted molar refractivity (Wildman–Crippen MR) is 83.4 cm³/mol. The van der Waals surface area contributed by atoms with E-state index in [1.807, 2.05) is 21.0 Å². The summed E-state index contributed by atoms with van der Waals surface area (Å²) in [5.74, 6) is -0.186. The van der Waals surface area contributed by atoms with Gasteiger partial charge in [0.1, 0.15) is 0 Å². The third-order valence-electron chi connectivity index (χ3n) is 3.78. The minimum atomic E-state index is -0.482. The number of carbonyl (C=O) groups excluding carboxylic acids is 1. The normalized spacial score (nSPS) is 18.1. The molecule has 1 fully saturated rings. The van der Waals surface area contributed by atoms with Gasteiger partial charge in [0, 0.05) is 45.0 Å². The fraction of sp³-hybridized carbons (Fsp3) is 0.533. The maximum absolute atomic E-state index is 12.8. The molecule has 0 bridgehead atoms. The number of rotatable bonds is 4. The first-order valence-corrected chi connectivity index (χ1v) is 7.30. The smallest absolute Gasteiger partial charge is 0.270 e. The van der Waals surface area contributed by atoms with Crippen LogP contribution in [0.5, 0.6) is 0 Å². The molecule has 0 N–H and O–H groups in total. The summed E-state index contributed by atoms with van der Waals surface area (Å²) in [4.78, 5) is 26.8. The van der Waals surface area contributed by atoms with Gasteiger partial charge in [-0.2, -0.15) is 0 Å². The van der Waals surface area contributed by atoms with E-state index in [2.05, 4.69) is 0 Å². The van der Waals surface area contributed by atoms with Gasteiger partial charge in [0.2, 0.25) is 0 Å². The number of hydrogen-bond acceptors (Lipinski definition) is 5. The van der Waals surface area contributed by atoms with Gasteiger partial charge in [-0.3, -0.25) is 14.9 Å². The zero-order chi connectivity index (χ0) is 16.3. The molecule has 7 nitrogen and oxygen atoms in total. The number of nitrogens with zero attached hydrogens (tertiary/aromatic N) is 3. The fourth-order valence-electron chi connectivity index (χ4n) is 2.52. The van der Waals surface area contributed by atoms with E-state index in [0.717, 1.165) is 6.42 Å². The Kier molecular flexibility index (Phi) is 4.97. The number of benzene rings is 1. The highest BCUT2D eigenvalue weighted by molar-refractivity contribution is 6.00. The van der Waals surface area contributed by atoms with Gasteiger partial charge in [-0.05, 0) is 12.5 Å². The Morgan fingerprint density at radius 1 is 1.50 bits per heavy atom. The largest absolute Gasteiger partial charge is 0.377 e. The summed E-state index contributed by atoms with van der Waals surface area (Å²) in [5, 5.41) is 11.0. The molecule has 0 radical (unpaired) electrons. The lowest BCUT2D eigenvalue weighted by atomic mass is 10.1. The van der Waals surface area contributed by atoms with Crippen LogP contribution in [0.2, 0.25) is 0 Å². The molecule has 1 heterocycles. The van der Waals surface area contributed by atoms with Crippen molar-refractivity contribution in [2.75, 3.05) is 38.7 Å². The molecule has 1 aromatic carbocycles. The number of nitro benzene ring substituents is 1. The van der Waals surface area contributed by atoms with E-state index in [1.54, 1.807) is 15.9 Å². The van der Waals surface area contributed by atoms with E-state index in [1.165, 1.54) is 12.1 Å². The standard InChI is InChI=1S/C15H21N3O4/c1-4-12-10-17(7-8-22-12)15(19)13-9-11(18(20)21)5-6-14(13)16(2)3/h5-6,9,12H,4,7-8,10H2,1-3H3. The number of carbonyl (C=O) groups is 1. The van der Waals surface area contributed by atoms with Crippen molar-refractivity contribution in [3.63, 3.8) is 0 Å². The topological polar surface area (TPSA) is 75.9 Å². The molecular formula is C15H21N3O4. The van der Waals surface area contributed by atoms with Crippen molar-refractivity contribution in [1.82, 2.24) is 4.90 Å². The lowest BCUT2D eigenvalue weighted by Crippen LogP contribution is -2.45. The highest BCUT2D eigenvalue weighted by Crippen LogP contribution is 2.26. The van der Waals surface area contributed by atoms with Gasteiger partial charge in [-0.15, -0.1) is 0 Å². The summed E-state index contributed by atoms with van der Waals surface area (Å²) in [7, 11) is 3.62. The Balaban J connectivity index is 2.34. The first-order valence-electron chi connectivity index (χ1n) is 7.30. The number of non-ortho nitro benzene ring substituents is 1. The zero-order valence-electron chi connectivity index (χ0n) is 13.1. The molecule has 2 rings (SSSR count). The molecular weight excluding hydrogens is 286 g/mol. The molecule has 0 spiro atoms. The Morgan fingerprint density at radius 3 is 2.82 bits per heavy atom. The Morgan fingerprint density at radius 2 is 2.23 bits per heavy atom. The quantitative estimate of drug-likeness (QED) is 0.627. The van der Waals surface area contributed by atoms with Crippen molar-refractivity contribution in [1.29, 1.82) is 0 Å². The SMILES string of the molecule is CCC1CN(C(=O)c2cc([N+](=O)[O-])ccc2N(C)C)CCO1. The minimum Gasteiger partial charge on any atom is -0.377 e. The number of nitro groups is 1. The van der Waals surface area contributed by atoms with Crippen LogP contribution < -0.4 is 4.90 Å². The maximum atomic E-state index is 12.8. The van der Waals surface area contributed by atoms with E-state index >= 15 is 0 Å². The number of ether oxygens (including phenoxy) is 1. The average Bonchev–Trinajstić information content (AvgIpc) is 2.53. The molecule has 1 aromatic rings. The summed E-state index contributed by atoms with van der Waals surface area (Å²) in [6.45, 7) is 3.53. The lowest BCUT2D eigenvalue weighted by molar-refractivity contribution is -0.384. The molecule has 1 aliphatic rings. The van der Waals surface area contributed by atoms with Crippen LogP contribution in [0.1, 0.15) is 23.7 Å². The van der Waals surface area contributed by atoms with Gasteiger partial charge < -0.3 is 14.5 Å². The molecule has 0 aliphatic carbocycles. The zero-order valence-corrected chi connectivity index (χ0v) is 13.1. The second-order valence-corrected chi connectivity index (χ2v) is 5.51. The molecule has 1 unspecified atom stereocenters. The number of hydrogen-bond donors (Lipinski definition) is 0. The second kappa shape index (κ2) is 6.74. The van der Waals surface area contributed by atoms with Crippen molar-refractivity contribution < 1.29 is 14.5 Å². The van der Waals surface area contributed by atoms with Crippen molar-refractivity contribution in [2.45, 2.75) is 19.4 Å². The predicted octanol–water partition coefficient (Wildman–Crippen LogP) is 1.91. The number of morpholine rings is 1. The molecule has 7 heteroatoms. The molecule has 1 amide bonds. The van der Waals surface area contributed by atoms with E-state index in [0.29, 0.717) is 30.9 Å². The van der Waals surface area contributed by atoms with Crippen LogP contribution in [0.3, 0.4) is 0 Å². The number of amides is 1. The van der Waals surface area contributed by atoms with E-state index in [4.69, 9.17) is 4.74 Å². The van der Waals surface area contributed by atoms with Crippen molar-refractivity contribution in [3.8, 4) is 0 Å². The monoisotopic (exact) mass is 307 g/mol. The van der Waals surface area contributed by atoms with Gasteiger partial charge in [-0.25, -0.2) is 0 Å². The second-order valence-electron chi connectivity index (χ2n) is 5.51. The van der Waals surface area contributed by atoms with Crippen LogP contribution in [0.4, 0.5) is 11.4 Å². The van der Waals surface area contributed by atoms with Gasteiger partial charge in [0.05, 0.1) is 23.2 Å². The molecule has 120 valence electrons. The Bertz CT molecular complexity index is 574. The van der Waals surface area contributed by atoms with Crippen LogP contribution in [-0.2, 0) is 4.74 Å².